The first kappa shape index (κ1) is 14.5. The minimum absolute atomic E-state index is 0.198. The zero-order valence-corrected chi connectivity index (χ0v) is 11.5. The average Bonchev–Trinajstić information content (AvgIpc) is 2.30. The monoisotopic (exact) mass is 257 g/mol. The second-order valence-electron chi connectivity index (χ2n) is 4.45. The van der Waals surface area contributed by atoms with Crippen LogP contribution in [0.1, 0.15) is 32.8 Å². The number of hydrogen-bond acceptors (Lipinski definition) is 1. The summed E-state index contributed by atoms with van der Waals surface area (Å²) < 4.78 is 13.7. The van der Waals surface area contributed by atoms with Crippen LogP contribution >= 0.6 is 11.6 Å². The predicted octanol–water partition coefficient (Wildman–Crippen LogP) is 4.05. The van der Waals surface area contributed by atoms with Gasteiger partial charge in [0.05, 0.1) is 0 Å². The van der Waals surface area contributed by atoms with E-state index in [1.165, 1.54) is 6.07 Å². The van der Waals surface area contributed by atoms with Crippen molar-refractivity contribution in [2.75, 3.05) is 6.54 Å². The molecule has 0 saturated heterocycles. The van der Waals surface area contributed by atoms with Gasteiger partial charge in [-0.1, -0.05) is 38.4 Å². The molecule has 0 heterocycles. The zero-order valence-electron chi connectivity index (χ0n) is 10.8. The van der Waals surface area contributed by atoms with Crippen LogP contribution in [0.4, 0.5) is 4.39 Å². The standard InChI is InChI=1S/C14H21ClFN/c1-4-14(17-5-2)10(3)9-11-12(15)7-6-8-13(11)16/h6-8,10,14,17H,4-5,9H2,1-3H3. The summed E-state index contributed by atoms with van der Waals surface area (Å²) in [7, 11) is 0. The maximum Gasteiger partial charge on any atom is 0.127 e. The predicted molar refractivity (Wildman–Crippen MR) is 72.0 cm³/mol. The third-order valence-electron chi connectivity index (χ3n) is 3.18. The van der Waals surface area contributed by atoms with Gasteiger partial charge in [-0.3, -0.25) is 0 Å². The van der Waals surface area contributed by atoms with Crippen LogP contribution < -0.4 is 5.32 Å². The van der Waals surface area contributed by atoms with Gasteiger partial charge in [0.1, 0.15) is 5.82 Å². The van der Waals surface area contributed by atoms with E-state index in [0.29, 0.717) is 29.0 Å². The molecule has 0 saturated carbocycles. The van der Waals surface area contributed by atoms with Gasteiger partial charge in [-0.15, -0.1) is 0 Å². The molecule has 0 aliphatic carbocycles. The van der Waals surface area contributed by atoms with Crippen molar-refractivity contribution < 1.29 is 4.39 Å². The lowest BCUT2D eigenvalue weighted by atomic mass is 9.92. The molecule has 17 heavy (non-hydrogen) atoms. The third kappa shape index (κ3) is 3.97. The van der Waals surface area contributed by atoms with Crippen molar-refractivity contribution in [1.82, 2.24) is 5.32 Å². The van der Waals surface area contributed by atoms with E-state index in [4.69, 9.17) is 11.6 Å². The molecule has 1 nitrogen and oxygen atoms in total. The molecule has 1 aromatic carbocycles. The number of hydrogen-bond donors (Lipinski definition) is 1. The Morgan fingerprint density at radius 3 is 2.59 bits per heavy atom. The number of benzene rings is 1. The smallest absolute Gasteiger partial charge is 0.127 e. The van der Waals surface area contributed by atoms with Crippen LogP contribution in [0, 0.1) is 11.7 Å². The Balaban J connectivity index is 2.76. The Morgan fingerprint density at radius 1 is 1.35 bits per heavy atom. The molecule has 0 aliphatic rings. The Labute approximate surface area is 108 Å². The largest absolute Gasteiger partial charge is 0.314 e. The van der Waals surface area contributed by atoms with Crippen molar-refractivity contribution in [1.29, 1.82) is 0 Å². The molecule has 3 heteroatoms. The Hall–Kier alpha value is -0.600. The molecule has 0 amide bonds. The summed E-state index contributed by atoms with van der Waals surface area (Å²) in [6.07, 6.45) is 1.72. The summed E-state index contributed by atoms with van der Waals surface area (Å²) in [6, 6.07) is 5.28. The normalized spacial score (nSPS) is 14.6. The van der Waals surface area contributed by atoms with Crippen LogP contribution in [0.15, 0.2) is 18.2 Å². The SMILES string of the molecule is CCNC(CC)C(C)Cc1c(F)cccc1Cl. The van der Waals surface area contributed by atoms with Gasteiger partial charge in [0.25, 0.3) is 0 Å². The lowest BCUT2D eigenvalue weighted by molar-refractivity contribution is 0.367. The van der Waals surface area contributed by atoms with Gasteiger partial charge in [0.15, 0.2) is 0 Å². The number of halogens is 2. The van der Waals surface area contributed by atoms with E-state index in [0.717, 1.165) is 13.0 Å². The van der Waals surface area contributed by atoms with Gasteiger partial charge in [-0.05, 0) is 37.4 Å². The molecule has 0 spiro atoms. The first-order chi connectivity index (χ1) is 8.10. The molecule has 2 atom stereocenters. The van der Waals surface area contributed by atoms with Gasteiger partial charge in [0, 0.05) is 16.6 Å². The molecule has 2 unspecified atom stereocenters. The quantitative estimate of drug-likeness (QED) is 0.811. The van der Waals surface area contributed by atoms with Crippen molar-refractivity contribution in [2.24, 2.45) is 5.92 Å². The van der Waals surface area contributed by atoms with Crippen molar-refractivity contribution in [2.45, 2.75) is 39.7 Å². The van der Waals surface area contributed by atoms with Gasteiger partial charge in [-0.25, -0.2) is 4.39 Å². The Bertz CT molecular complexity index is 334. The Kier molecular flexibility index (Phi) is 5.93. The molecular formula is C14H21ClFN. The Morgan fingerprint density at radius 2 is 2.06 bits per heavy atom. The van der Waals surface area contributed by atoms with Gasteiger partial charge in [0.2, 0.25) is 0 Å². The van der Waals surface area contributed by atoms with Crippen LogP contribution in [0.25, 0.3) is 0 Å². The first-order valence-electron chi connectivity index (χ1n) is 6.26. The third-order valence-corrected chi connectivity index (χ3v) is 3.53. The van der Waals surface area contributed by atoms with Crippen LogP contribution in [-0.2, 0) is 6.42 Å². The molecule has 0 aliphatic heterocycles. The second kappa shape index (κ2) is 6.97. The highest BCUT2D eigenvalue weighted by Crippen LogP contribution is 2.24. The second-order valence-corrected chi connectivity index (χ2v) is 4.86. The van der Waals surface area contributed by atoms with E-state index < -0.39 is 0 Å². The molecule has 0 fully saturated rings. The molecule has 0 aromatic heterocycles. The van der Waals surface area contributed by atoms with Crippen molar-refractivity contribution in [3.05, 3.63) is 34.6 Å². The molecular weight excluding hydrogens is 237 g/mol. The van der Waals surface area contributed by atoms with E-state index in [-0.39, 0.29) is 5.82 Å². The van der Waals surface area contributed by atoms with Gasteiger partial charge in [-0.2, -0.15) is 0 Å². The summed E-state index contributed by atoms with van der Waals surface area (Å²) in [5.41, 5.74) is 0.637. The van der Waals surface area contributed by atoms with E-state index in [1.54, 1.807) is 12.1 Å². The molecule has 1 N–H and O–H groups in total. The fourth-order valence-corrected chi connectivity index (χ4v) is 2.44. The summed E-state index contributed by atoms with van der Waals surface area (Å²) in [6.45, 7) is 7.31. The molecule has 0 bridgehead atoms. The van der Waals surface area contributed by atoms with Crippen LogP contribution in [-0.4, -0.2) is 12.6 Å². The topological polar surface area (TPSA) is 12.0 Å². The first-order valence-corrected chi connectivity index (χ1v) is 6.64. The number of rotatable bonds is 6. The maximum absolute atomic E-state index is 13.7. The fraction of sp³-hybridized carbons (Fsp3) is 0.571. The van der Waals surface area contributed by atoms with Crippen LogP contribution in [0.5, 0.6) is 0 Å². The van der Waals surface area contributed by atoms with E-state index >= 15 is 0 Å². The van der Waals surface area contributed by atoms with Gasteiger partial charge < -0.3 is 5.32 Å². The highest BCUT2D eigenvalue weighted by molar-refractivity contribution is 6.31. The summed E-state index contributed by atoms with van der Waals surface area (Å²) in [4.78, 5) is 0. The van der Waals surface area contributed by atoms with Crippen molar-refractivity contribution in [3.8, 4) is 0 Å². The molecule has 1 aromatic rings. The minimum Gasteiger partial charge on any atom is -0.314 e. The minimum atomic E-state index is -0.198. The van der Waals surface area contributed by atoms with Crippen molar-refractivity contribution >= 4 is 11.6 Å². The molecule has 96 valence electrons. The zero-order chi connectivity index (χ0) is 12.8. The van der Waals surface area contributed by atoms with E-state index in [2.05, 4.69) is 26.1 Å². The molecule has 0 radical (unpaired) electrons. The number of nitrogens with one attached hydrogen (secondary N) is 1. The summed E-state index contributed by atoms with van der Waals surface area (Å²) in [5, 5.41) is 3.96. The summed E-state index contributed by atoms with van der Waals surface area (Å²) >= 11 is 6.04. The van der Waals surface area contributed by atoms with Crippen LogP contribution in [0.2, 0.25) is 5.02 Å². The lowest BCUT2D eigenvalue weighted by Crippen LogP contribution is -2.35. The highest BCUT2D eigenvalue weighted by Gasteiger charge is 2.17. The van der Waals surface area contributed by atoms with Crippen LogP contribution in [0.3, 0.4) is 0 Å². The molecule has 1 rings (SSSR count). The average molecular weight is 258 g/mol. The van der Waals surface area contributed by atoms with E-state index in [9.17, 15) is 4.39 Å². The summed E-state index contributed by atoms with van der Waals surface area (Å²) in [5.74, 6) is 0.171. The van der Waals surface area contributed by atoms with Crippen molar-refractivity contribution in [3.63, 3.8) is 0 Å². The fourth-order valence-electron chi connectivity index (χ4n) is 2.20. The lowest BCUT2D eigenvalue weighted by Gasteiger charge is -2.24. The maximum atomic E-state index is 13.7. The van der Waals surface area contributed by atoms with Gasteiger partial charge >= 0.3 is 0 Å². The highest BCUT2D eigenvalue weighted by atomic mass is 35.5. The van der Waals surface area contributed by atoms with E-state index in [1.807, 2.05) is 0 Å².